The second kappa shape index (κ2) is 6.24. The van der Waals surface area contributed by atoms with E-state index in [0.717, 1.165) is 17.5 Å². The predicted octanol–water partition coefficient (Wildman–Crippen LogP) is 1.61. The lowest BCUT2D eigenvalue weighted by Gasteiger charge is -2.12. The maximum atomic E-state index is 12.6. The van der Waals surface area contributed by atoms with Gasteiger partial charge in [-0.2, -0.15) is 18.6 Å². The zero-order chi connectivity index (χ0) is 18.3. The summed E-state index contributed by atoms with van der Waals surface area (Å²) in [5.74, 6) is -0.995. The van der Waals surface area contributed by atoms with Gasteiger partial charge in [-0.1, -0.05) is 17.3 Å². The average Bonchev–Trinajstić information content (AvgIpc) is 3.34. The van der Waals surface area contributed by atoms with E-state index in [1.807, 2.05) is 12.1 Å². The van der Waals surface area contributed by atoms with Gasteiger partial charge in [0.2, 0.25) is 5.82 Å². The number of hydrogen-bond acceptors (Lipinski definition) is 7. The first-order valence-electron chi connectivity index (χ1n) is 7.81. The van der Waals surface area contributed by atoms with E-state index in [-0.39, 0.29) is 17.7 Å². The van der Waals surface area contributed by atoms with Gasteiger partial charge in [0.15, 0.2) is 0 Å². The van der Waals surface area contributed by atoms with Crippen LogP contribution in [0.25, 0.3) is 11.4 Å². The van der Waals surface area contributed by atoms with Crippen molar-refractivity contribution in [2.75, 3.05) is 0 Å². The minimum atomic E-state index is -2.81. The zero-order valence-corrected chi connectivity index (χ0v) is 13.6. The first-order valence-corrected chi connectivity index (χ1v) is 7.81. The van der Waals surface area contributed by atoms with Gasteiger partial charge in [0.05, 0.1) is 13.1 Å². The molecule has 1 amide bonds. The highest BCUT2D eigenvalue weighted by atomic mass is 19.3. The van der Waals surface area contributed by atoms with Gasteiger partial charge in [0.25, 0.3) is 17.6 Å². The van der Waals surface area contributed by atoms with Crippen molar-refractivity contribution in [3.05, 3.63) is 41.0 Å². The molecule has 0 bridgehead atoms. The topological polar surface area (TPSA) is 112 Å². The molecule has 0 unspecified atom stereocenters. The quantitative estimate of drug-likeness (QED) is 0.751. The highest BCUT2D eigenvalue weighted by molar-refractivity contribution is 5.90. The van der Waals surface area contributed by atoms with Crippen LogP contribution >= 0.6 is 0 Å². The molecule has 1 aliphatic carbocycles. The van der Waals surface area contributed by atoms with Gasteiger partial charge in [-0.25, -0.2) is 0 Å². The van der Waals surface area contributed by atoms with E-state index >= 15 is 0 Å². The van der Waals surface area contributed by atoms with Crippen LogP contribution in [0.1, 0.15) is 46.5 Å². The van der Waals surface area contributed by atoms with Gasteiger partial charge < -0.3 is 9.84 Å². The zero-order valence-electron chi connectivity index (χ0n) is 13.6. The summed E-state index contributed by atoms with van der Waals surface area (Å²) in [6, 6.07) is 5.18. The number of rotatable bonds is 4. The molecule has 3 aromatic rings. The molecule has 1 aliphatic rings. The molecule has 0 spiro atoms. The smallest absolute Gasteiger partial charge is 0.315 e. The SMILES string of the molecule is Cn1nnc(C(=O)N[C@@H]2CCc3cc(-c4noc(C(F)F)n4)ccc32)n1. The standard InChI is InChI=1S/C15H13F2N7O2/c1-24-21-13(20-23-24)14(25)18-10-5-3-7-6-8(2-4-9(7)10)12-19-15(11(16)17)26-22-12/h2,4,6,10-11H,3,5H2,1H3,(H,18,25)/t10-/m1/s1. The number of fused-ring (bicyclic) bond motifs is 1. The number of carbonyl (C=O) groups excluding carboxylic acids is 1. The number of amides is 1. The molecule has 0 aliphatic heterocycles. The van der Waals surface area contributed by atoms with Gasteiger partial charge in [-0.15, -0.1) is 10.2 Å². The molecule has 1 atom stereocenters. The van der Waals surface area contributed by atoms with Crippen LogP contribution in [0.15, 0.2) is 22.7 Å². The van der Waals surface area contributed by atoms with Crippen LogP contribution in [-0.2, 0) is 13.5 Å². The van der Waals surface area contributed by atoms with E-state index in [0.29, 0.717) is 12.0 Å². The molecule has 1 aromatic carbocycles. The Morgan fingerprint density at radius 3 is 2.96 bits per heavy atom. The number of alkyl halides is 2. The van der Waals surface area contributed by atoms with Gasteiger partial charge in [-0.05, 0) is 35.2 Å². The summed E-state index contributed by atoms with van der Waals surface area (Å²) in [6.07, 6.45) is -1.37. The average molecular weight is 361 g/mol. The van der Waals surface area contributed by atoms with E-state index in [9.17, 15) is 13.6 Å². The fraction of sp³-hybridized carbons (Fsp3) is 0.333. The molecule has 26 heavy (non-hydrogen) atoms. The molecule has 4 rings (SSSR count). The van der Waals surface area contributed by atoms with Gasteiger partial charge in [-0.3, -0.25) is 4.79 Å². The van der Waals surface area contributed by atoms with Crippen LogP contribution in [0, 0.1) is 0 Å². The van der Waals surface area contributed by atoms with Crippen molar-refractivity contribution in [2.24, 2.45) is 7.05 Å². The Hall–Kier alpha value is -3.24. The Morgan fingerprint density at radius 2 is 2.27 bits per heavy atom. The number of hydrogen-bond donors (Lipinski definition) is 1. The van der Waals surface area contributed by atoms with E-state index in [4.69, 9.17) is 0 Å². The first kappa shape index (κ1) is 16.2. The minimum Gasteiger partial charge on any atom is -0.342 e. The van der Waals surface area contributed by atoms with Crippen molar-refractivity contribution in [1.82, 2.24) is 35.7 Å². The van der Waals surface area contributed by atoms with Crippen LogP contribution in [0.5, 0.6) is 0 Å². The molecule has 0 saturated carbocycles. The number of nitrogens with zero attached hydrogens (tertiary/aromatic N) is 6. The monoisotopic (exact) mass is 361 g/mol. The van der Waals surface area contributed by atoms with Crippen molar-refractivity contribution in [2.45, 2.75) is 25.3 Å². The van der Waals surface area contributed by atoms with Crippen LogP contribution in [0.3, 0.4) is 0 Å². The molecule has 0 saturated heterocycles. The Bertz CT molecular complexity index is 969. The maximum Gasteiger partial charge on any atom is 0.315 e. The van der Waals surface area contributed by atoms with Crippen molar-refractivity contribution in [3.63, 3.8) is 0 Å². The third-order valence-electron chi connectivity index (χ3n) is 4.12. The summed E-state index contributed by atoms with van der Waals surface area (Å²) in [4.78, 5) is 17.1. The fourth-order valence-electron chi connectivity index (χ4n) is 2.95. The van der Waals surface area contributed by atoms with Gasteiger partial charge in [0.1, 0.15) is 0 Å². The largest absolute Gasteiger partial charge is 0.342 e. The molecule has 0 fully saturated rings. The number of nitrogens with one attached hydrogen (secondary N) is 1. The molecule has 2 aromatic heterocycles. The first-order chi connectivity index (χ1) is 12.5. The lowest BCUT2D eigenvalue weighted by Crippen LogP contribution is -2.28. The molecule has 134 valence electrons. The van der Waals surface area contributed by atoms with Gasteiger partial charge >= 0.3 is 6.43 Å². The molecule has 0 radical (unpaired) electrons. The van der Waals surface area contributed by atoms with Crippen LogP contribution in [-0.4, -0.2) is 36.3 Å². The number of aromatic nitrogens is 6. The molecular weight excluding hydrogens is 348 g/mol. The summed E-state index contributed by atoms with van der Waals surface area (Å²) in [6.45, 7) is 0. The predicted molar refractivity (Wildman–Crippen MR) is 82.0 cm³/mol. The lowest BCUT2D eigenvalue weighted by atomic mass is 10.0. The van der Waals surface area contributed by atoms with E-state index in [1.54, 1.807) is 13.1 Å². The fourth-order valence-corrected chi connectivity index (χ4v) is 2.95. The number of carbonyl (C=O) groups is 1. The van der Waals surface area contributed by atoms with E-state index in [2.05, 4.69) is 35.4 Å². The summed E-state index contributed by atoms with van der Waals surface area (Å²) in [7, 11) is 1.58. The summed E-state index contributed by atoms with van der Waals surface area (Å²) < 4.78 is 29.7. The van der Waals surface area contributed by atoms with Crippen molar-refractivity contribution in [3.8, 4) is 11.4 Å². The Kier molecular flexibility index (Phi) is 3.90. The molecule has 9 nitrogen and oxygen atoms in total. The Balaban J connectivity index is 1.53. The number of aryl methyl sites for hydroxylation is 2. The van der Waals surface area contributed by atoms with Crippen LogP contribution < -0.4 is 5.32 Å². The van der Waals surface area contributed by atoms with E-state index in [1.165, 1.54) is 4.80 Å². The highest BCUT2D eigenvalue weighted by Crippen LogP contribution is 2.34. The normalized spacial score (nSPS) is 16.1. The highest BCUT2D eigenvalue weighted by Gasteiger charge is 2.27. The molecule has 1 N–H and O–H groups in total. The number of tetrazole rings is 1. The number of halogens is 2. The third-order valence-corrected chi connectivity index (χ3v) is 4.12. The molecule has 2 heterocycles. The van der Waals surface area contributed by atoms with Crippen molar-refractivity contribution >= 4 is 5.91 Å². The Labute approximate surface area is 145 Å². The van der Waals surface area contributed by atoms with Crippen LogP contribution in [0.4, 0.5) is 8.78 Å². The summed E-state index contributed by atoms with van der Waals surface area (Å²) in [5, 5.41) is 17.7. The molecule has 11 heteroatoms. The second-order valence-electron chi connectivity index (χ2n) is 5.84. The lowest BCUT2D eigenvalue weighted by molar-refractivity contribution is 0.0925. The maximum absolute atomic E-state index is 12.6. The van der Waals surface area contributed by atoms with Crippen molar-refractivity contribution in [1.29, 1.82) is 0 Å². The number of benzene rings is 1. The Morgan fingerprint density at radius 1 is 1.42 bits per heavy atom. The minimum absolute atomic E-state index is 0.00361. The van der Waals surface area contributed by atoms with Crippen LogP contribution in [0.2, 0.25) is 0 Å². The molecular formula is C15H13F2N7O2. The third kappa shape index (κ3) is 2.91. The van der Waals surface area contributed by atoms with Gasteiger partial charge in [0, 0.05) is 5.56 Å². The second-order valence-corrected chi connectivity index (χ2v) is 5.84. The van der Waals surface area contributed by atoms with E-state index < -0.39 is 18.2 Å². The van der Waals surface area contributed by atoms with Crippen molar-refractivity contribution < 1.29 is 18.1 Å². The summed E-state index contributed by atoms with van der Waals surface area (Å²) >= 11 is 0. The summed E-state index contributed by atoms with van der Waals surface area (Å²) in [5.41, 5.74) is 2.52.